The van der Waals surface area contributed by atoms with Crippen LogP contribution >= 0.6 is 0 Å². The van der Waals surface area contributed by atoms with Gasteiger partial charge in [0.15, 0.2) is 0 Å². The molecule has 4 rings (SSSR count). The van der Waals surface area contributed by atoms with E-state index in [2.05, 4.69) is 10.6 Å². The highest BCUT2D eigenvalue weighted by molar-refractivity contribution is 6.26. The van der Waals surface area contributed by atoms with E-state index in [-0.39, 0.29) is 5.91 Å². The molecule has 0 aromatic heterocycles. The predicted octanol–water partition coefficient (Wildman–Crippen LogP) is 1.84. The first-order chi connectivity index (χ1) is 11.1. The molecule has 1 saturated heterocycles. The topological polar surface area (TPSA) is 84.5 Å². The molecule has 1 unspecified atom stereocenters. The molecular weight excluding hydrogens is 296 g/mol. The summed E-state index contributed by atoms with van der Waals surface area (Å²) in [5.41, 5.74) is 1.38. The van der Waals surface area contributed by atoms with Crippen LogP contribution in [0, 0.1) is 0 Å². The normalized spacial score (nSPS) is 19.7. The first kappa shape index (κ1) is 13.9. The van der Waals surface area contributed by atoms with Crippen molar-refractivity contribution in [3.63, 3.8) is 0 Å². The van der Waals surface area contributed by atoms with Gasteiger partial charge < -0.3 is 10.1 Å². The lowest BCUT2D eigenvalue weighted by molar-refractivity contribution is -0.124. The number of anilines is 1. The summed E-state index contributed by atoms with van der Waals surface area (Å²) in [5, 5.41) is 6.48. The van der Waals surface area contributed by atoms with Crippen LogP contribution < -0.4 is 10.6 Å². The van der Waals surface area contributed by atoms with Crippen molar-refractivity contribution < 1.29 is 19.1 Å². The lowest BCUT2D eigenvalue weighted by Gasteiger charge is -2.18. The molecule has 0 bridgehead atoms. The molecule has 2 heterocycles. The van der Waals surface area contributed by atoms with E-state index in [0.717, 1.165) is 11.8 Å². The minimum Gasteiger partial charge on any atom is -0.368 e. The highest BCUT2D eigenvalue weighted by Gasteiger charge is 2.27. The molecule has 116 valence electrons. The Kier molecular flexibility index (Phi) is 3.12. The first-order valence-electron chi connectivity index (χ1n) is 7.48. The van der Waals surface area contributed by atoms with E-state index in [0.29, 0.717) is 35.2 Å². The van der Waals surface area contributed by atoms with Crippen LogP contribution in [0.25, 0.3) is 10.8 Å². The fraction of sp³-hybridized carbons (Fsp3) is 0.235. The molecule has 0 spiro atoms. The molecule has 0 saturated carbocycles. The van der Waals surface area contributed by atoms with Crippen molar-refractivity contribution in [2.75, 3.05) is 11.9 Å². The zero-order chi connectivity index (χ0) is 16.0. The summed E-state index contributed by atoms with van der Waals surface area (Å²) in [6.45, 7) is 0.592. The van der Waals surface area contributed by atoms with Crippen LogP contribution in [0.3, 0.4) is 0 Å². The molecule has 6 nitrogen and oxygen atoms in total. The number of ether oxygens (including phenoxy) is 1. The summed E-state index contributed by atoms with van der Waals surface area (Å²) in [6, 6.07) is 8.61. The number of benzene rings is 2. The zero-order valence-corrected chi connectivity index (χ0v) is 12.2. The quantitative estimate of drug-likeness (QED) is 0.829. The van der Waals surface area contributed by atoms with E-state index in [1.165, 1.54) is 0 Å². The molecule has 1 fully saturated rings. The van der Waals surface area contributed by atoms with Crippen LogP contribution in [-0.4, -0.2) is 30.4 Å². The van der Waals surface area contributed by atoms with Gasteiger partial charge in [0.05, 0.1) is 5.56 Å². The third-order valence-electron chi connectivity index (χ3n) is 4.18. The molecule has 2 aliphatic rings. The minimum atomic E-state index is -0.452. The number of carbonyl (C=O) groups excluding carboxylic acids is 3. The largest absolute Gasteiger partial charge is 0.368 e. The van der Waals surface area contributed by atoms with Crippen molar-refractivity contribution in [1.82, 2.24) is 5.32 Å². The monoisotopic (exact) mass is 310 g/mol. The summed E-state index contributed by atoms with van der Waals surface area (Å²) in [5.74, 6) is -1.06. The smallest absolute Gasteiger partial charge is 0.258 e. The van der Waals surface area contributed by atoms with Gasteiger partial charge in [0, 0.05) is 23.2 Å². The van der Waals surface area contributed by atoms with Gasteiger partial charge in [-0.05, 0) is 36.4 Å². The number of hydrogen-bond acceptors (Lipinski definition) is 4. The second-order valence-electron chi connectivity index (χ2n) is 5.70. The van der Waals surface area contributed by atoms with E-state index in [9.17, 15) is 14.4 Å². The Morgan fingerprint density at radius 2 is 2.00 bits per heavy atom. The van der Waals surface area contributed by atoms with Gasteiger partial charge in [0.2, 0.25) is 0 Å². The average molecular weight is 310 g/mol. The van der Waals surface area contributed by atoms with Gasteiger partial charge in [0.25, 0.3) is 17.7 Å². The van der Waals surface area contributed by atoms with E-state index in [1.807, 2.05) is 6.07 Å². The van der Waals surface area contributed by atoms with Crippen LogP contribution in [-0.2, 0) is 9.53 Å². The van der Waals surface area contributed by atoms with E-state index >= 15 is 0 Å². The maximum absolute atomic E-state index is 12.2. The van der Waals surface area contributed by atoms with Crippen LogP contribution in [0.2, 0.25) is 0 Å². The lowest BCUT2D eigenvalue weighted by Crippen LogP contribution is -2.35. The van der Waals surface area contributed by atoms with Gasteiger partial charge in [-0.2, -0.15) is 0 Å². The number of amides is 3. The minimum absolute atomic E-state index is 0.211. The van der Waals surface area contributed by atoms with Crippen molar-refractivity contribution in [2.45, 2.75) is 18.9 Å². The molecular formula is C17H14N2O4. The van der Waals surface area contributed by atoms with Crippen molar-refractivity contribution in [3.8, 4) is 0 Å². The van der Waals surface area contributed by atoms with Gasteiger partial charge in [-0.25, -0.2) is 0 Å². The first-order valence-corrected chi connectivity index (χ1v) is 7.48. The molecule has 1 atom stereocenters. The second-order valence-corrected chi connectivity index (χ2v) is 5.70. The number of carbonyl (C=O) groups is 3. The lowest BCUT2D eigenvalue weighted by atomic mass is 9.94. The van der Waals surface area contributed by atoms with Crippen molar-refractivity contribution in [2.24, 2.45) is 0 Å². The Hall–Kier alpha value is -2.73. The summed E-state index contributed by atoms with van der Waals surface area (Å²) in [7, 11) is 0. The third-order valence-corrected chi connectivity index (χ3v) is 4.18. The maximum Gasteiger partial charge on any atom is 0.258 e. The van der Waals surface area contributed by atoms with Crippen LogP contribution in [0.1, 0.15) is 33.6 Å². The highest BCUT2D eigenvalue weighted by atomic mass is 16.5. The van der Waals surface area contributed by atoms with Crippen molar-refractivity contribution in [3.05, 3.63) is 41.5 Å². The Bertz CT molecular complexity index is 853. The van der Waals surface area contributed by atoms with E-state index in [4.69, 9.17) is 4.74 Å². The maximum atomic E-state index is 12.2. The molecule has 3 amide bonds. The molecule has 2 aliphatic heterocycles. The number of hydrogen-bond donors (Lipinski definition) is 2. The van der Waals surface area contributed by atoms with Crippen LogP contribution in [0.15, 0.2) is 30.3 Å². The number of nitrogens with one attached hydrogen (secondary N) is 2. The number of imide groups is 1. The molecule has 2 N–H and O–H groups in total. The molecule has 2 aromatic rings. The highest BCUT2D eigenvalue weighted by Crippen LogP contribution is 2.30. The zero-order valence-electron chi connectivity index (χ0n) is 12.2. The average Bonchev–Trinajstić information content (AvgIpc) is 3.06. The van der Waals surface area contributed by atoms with Gasteiger partial charge in [-0.1, -0.05) is 12.1 Å². The molecule has 2 aromatic carbocycles. The van der Waals surface area contributed by atoms with E-state index in [1.54, 1.807) is 24.3 Å². The molecule has 0 radical (unpaired) electrons. The van der Waals surface area contributed by atoms with Crippen LogP contribution in [0.4, 0.5) is 5.69 Å². The summed E-state index contributed by atoms with van der Waals surface area (Å²) in [4.78, 5) is 36.2. The standard InChI is InChI=1S/C17H14N2O4/c20-15-11-4-1-3-9-7-10(8-12(14(9)11)16(21)19-15)18-17(22)13-5-2-6-23-13/h1,3-4,7-8,13H,2,5-6H2,(H,18,22)(H,19,20,21). The summed E-state index contributed by atoms with van der Waals surface area (Å²) in [6.07, 6.45) is 1.13. The molecule has 23 heavy (non-hydrogen) atoms. The van der Waals surface area contributed by atoms with Crippen molar-refractivity contribution >= 4 is 34.2 Å². The van der Waals surface area contributed by atoms with Gasteiger partial charge in [-0.3, -0.25) is 19.7 Å². The predicted molar refractivity (Wildman–Crippen MR) is 83.3 cm³/mol. The second kappa shape index (κ2) is 5.17. The SMILES string of the molecule is O=C1NC(=O)c2cc(NC(=O)C3CCCO3)cc3cccc1c23. The van der Waals surface area contributed by atoms with Gasteiger partial charge in [-0.15, -0.1) is 0 Å². The molecule has 0 aliphatic carbocycles. The fourth-order valence-electron chi connectivity index (χ4n) is 3.11. The summed E-state index contributed by atoms with van der Waals surface area (Å²) >= 11 is 0. The van der Waals surface area contributed by atoms with Gasteiger partial charge in [0.1, 0.15) is 6.10 Å². The third kappa shape index (κ3) is 2.27. The fourth-order valence-corrected chi connectivity index (χ4v) is 3.11. The van der Waals surface area contributed by atoms with Crippen molar-refractivity contribution in [1.29, 1.82) is 0 Å². The summed E-state index contributed by atoms with van der Waals surface area (Å²) < 4.78 is 5.36. The Balaban J connectivity index is 1.77. The van der Waals surface area contributed by atoms with E-state index < -0.39 is 17.9 Å². The van der Waals surface area contributed by atoms with Crippen LogP contribution in [0.5, 0.6) is 0 Å². The number of rotatable bonds is 2. The Labute approximate surface area is 131 Å². The molecule has 6 heteroatoms. The Morgan fingerprint density at radius 1 is 1.17 bits per heavy atom. The van der Waals surface area contributed by atoms with Gasteiger partial charge >= 0.3 is 0 Å². The Morgan fingerprint density at radius 3 is 2.78 bits per heavy atom.